The molecule has 1 fully saturated rings. The molecule has 0 bridgehead atoms. The monoisotopic (exact) mass is 531 g/mol. The summed E-state index contributed by atoms with van der Waals surface area (Å²) in [5.41, 5.74) is -12.2. The highest BCUT2D eigenvalue weighted by atomic mass is 19.4. The highest BCUT2D eigenvalue weighted by Gasteiger charge is 3.06. The van der Waals surface area contributed by atoms with E-state index in [2.05, 4.69) is 0 Å². The average Bonchev–Trinajstić information content (AvgIpc) is 2.66. The zero-order chi connectivity index (χ0) is 27.1. The number of carbonyl (C=O) groups is 1. The van der Waals surface area contributed by atoms with Gasteiger partial charge in [0.25, 0.3) is 5.41 Å². The first-order valence-electron chi connectivity index (χ1n) is 7.91. The Bertz CT molecular complexity index is 1020. The van der Waals surface area contributed by atoms with Gasteiger partial charge in [-0.25, -0.2) is 8.78 Å². The lowest BCUT2D eigenvalue weighted by atomic mass is 9.74. The fraction of sp³-hybridized carbons (Fsp3) is 0.438. The molecule has 34 heavy (non-hydrogen) atoms. The maximum Gasteiger partial charge on any atom is 0.417 e. The summed E-state index contributed by atoms with van der Waals surface area (Å²) in [7, 11) is 0. The van der Waals surface area contributed by atoms with Gasteiger partial charge in [-0.2, -0.15) is 61.5 Å². The Hall–Kier alpha value is -2.69. The van der Waals surface area contributed by atoms with Gasteiger partial charge >= 0.3 is 36.0 Å². The molecule has 2 rings (SSSR count). The summed E-state index contributed by atoms with van der Waals surface area (Å²) in [6.07, 6.45) is -15.2. The number of ketones is 1. The quantitative estimate of drug-likeness (QED) is 0.300. The van der Waals surface area contributed by atoms with Crippen LogP contribution >= 0.6 is 0 Å². The number of hydrogen-bond acceptors (Lipinski definition) is 2. The van der Waals surface area contributed by atoms with Gasteiger partial charge in [0.15, 0.2) is 17.4 Å². The highest BCUT2D eigenvalue weighted by Crippen LogP contribution is 2.75. The Labute approximate surface area is 175 Å². The Morgan fingerprint density at radius 1 is 0.735 bits per heavy atom. The van der Waals surface area contributed by atoms with Crippen molar-refractivity contribution in [2.45, 2.75) is 36.0 Å². The molecule has 0 unspecified atom stereocenters. The number of carbonyl (C=O) groups excluding carboxylic acids is 1. The van der Waals surface area contributed by atoms with E-state index in [1.807, 2.05) is 0 Å². The molecule has 192 valence electrons. The zero-order valence-corrected chi connectivity index (χ0v) is 15.1. The molecule has 0 radical (unpaired) electrons. The van der Waals surface area contributed by atoms with Gasteiger partial charge in [-0.05, 0) is 23.8 Å². The smallest absolute Gasteiger partial charge is 0.417 e. The van der Waals surface area contributed by atoms with Crippen molar-refractivity contribution in [2.24, 2.45) is 5.41 Å². The maximum atomic E-state index is 13.9. The first-order chi connectivity index (χ1) is 14.8. The van der Waals surface area contributed by atoms with E-state index in [9.17, 15) is 80.1 Å². The largest absolute Gasteiger partial charge is 0.872 e. The van der Waals surface area contributed by atoms with Gasteiger partial charge in [0.05, 0.1) is 5.56 Å². The molecule has 1 aromatic rings. The van der Waals surface area contributed by atoms with Gasteiger partial charge in [-0.3, -0.25) is 4.79 Å². The lowest BCUT2D eigenvalue weighted by molar-refractivity contribution is -0.341. The minimum atomic E-state index is -7.67. The zero-order valence-electron chi connectivity index (χ0n) is 15.1. The highest BCUT2D eigenvalue weighted by molar-refractivity contribution is 6.02. The van der Waals surface area contributed by atoms with Crippen LogP contribution < -0.4 is 5.11 Å². The SMILES string of the molecule is O=C(/C=C(\[O-])c1cc(F)c(F)cc1C(F)(F)F)C1(C(F)(F)F)C(F)(F)C(F)(F)C(F)(F)C1(F)F. The van der Waals surface area contributed by atoms with E-state index in [-0.39, 0.29) is 0 Å². The molecule has 1 aliphatic rings. The van der Waals surface area contributed by atoms with Crippen molar-refractivity contribution < 1.29 is 80.1 Å². The summed E-state index contributed by atoms with van der Waals surface area (Å²) in [6.45, 7) is 0. The number of rotatable bonds is 3. The molecular formula is C16H3F16O2-. The van der Waals surface area contributed by atoms with Crippen molar-refractivity contribution in [2.75, 3.05) is 0 Å². The van der Waals surface area contributed by atoms with Crippen LogP contribution in [0.4, 0.5) is 70.2 Å². The number of allylic oxidation sites excluding steroid dienone is 1. The molecule has 0 amide bonds. The average molecular weight is 531 g/mol. The van der Waals surface area contributed by atoms with Crippen molar-refractivity contribution in [3.8, 4) is 0 Å². The van der Waals surface area contributed by atoms with Crippen LogP contribution in [0.15, 0.2) is 18.2 Å². The molecule has 0 N–H and O–H groups in total. The van der Waals surface area contributed by atoms with Crippen LogP contribution in [0.3, 0.4) is 0 Å². The number of halogens is 16. The van der Waals surface area contributed by atoms with Crippen LogP contribution in [0.2, 0.25) is 0 Å². The lowest BCUT2D eigenvalue weighted by Crippen LogP contribution is -2.64. The van der Waals surface area contributed by atoms with Crippen molar-refractivity contribution >= 4 is 11.5 Å². The summed E-state index contributed by atoms with van der Waals surface area (Å²) in [5, 5.41) is 11.9. The summed E-state index contributed by atoms with van der Waals surface area (Å²) in [4.78, 5) is 11.8. The van der Waals surface area contributed by atoms with Gasteiger partial charge in [0, 0.05) is 0 Å². The molecule has 1 aromatic carbocycles. The third kappa shape index (κ3) is 3.08. The number of hydrogen-bond donors (Lipinski definition) is 0. The molecule has 0 atom stereocenters. The van der Waals surface area contributed by atoms with Crippen LogP contribution in [-0.4, -0.2) is 35.6 Å². The van der Waals surface area contributed by atoms with Gasteiger partial charge in [-0.15, -0.1) is 0 Å². The molecule has 0 heterocycles. The lowest BCUT2D eigenvalue weighted by Gasteiger charge is -2.37. The summed E-state index contributed by atoms with van der Waals surface area (Å²) in [6, 6.07) is -1.54. The number of benzene rings is 1. The molecule has 0 spiro atoms. The van der Waals surface area contributed by atoms with Crippen molar-refractivity contribution in [3.63, 3.8) is 0 Å². The minimum Gasteiger partial charge on any atom is -0.872 e. The van der Waals surface area contributed by atoms with Gasteiger partial charge < -0.3 is 5.11 Å². The third-order valence-corrected chi connectivity index (χ3v) is 4.81. The number of alkyl halides is 14. The predicted octanol–water partition coefficient (Wildman–Crippen LogP) is 5.36. The standard InChI is InChI=1S/C16H4F16O2/c17-6-1-4(5(2-7(6)18)11(19,20)21)8(33)3-9(34)10(16(30,31)32)12(22,23)14(26,27)15(28,29)13(10,24)25/h1-3,33H/p-1/b8-3-. The predicted molar refractivity (Wildman–Crippen MR) is 72.6 cm³/mol. The Morgan fingerprint density at radius 2 is 1.12 bits per heavy atom. The van der Waals surface area contributed by atoms with E-state index in [1.54, 1.807) is 0 Å². The second-order valence-electron chi connectivity index (χ2n) is 6.73. The molecular weight excluding hydrogens is 528 g/mol. The van der Waals surface area contributed by atoms with Gasteiger partial charge in [0.1, 0.15) is 0 Å². The Balaban J connectivity index is 2.92. The fourth-order valence-corrected chi connectivity index (χ4v) is 3.16. The molecule has 1 aliphatic carbocycles. The van der Waals surface area contributed by atoms with Crippen LogP contribution in [0.1, 0.15) is 11.1 Å². The van der Waals surface area contributed by atoms with Crippen molar-refractivity contribution in [1.29, 1.82) is 0 Å². The first-order valence-corrected chi connectivity index (χ1v) is 7.91. The third-order valence-electron chi connectivity index (χ3n) is 4.81. The minimum absolute atomic E-state index is 0.737. The molecule has 0 aromatic heterocycles. The molecule has 0 saturated heterocycles. The summed E-state index contributed by atoms with van der Waals surface area (Å²) in [5.74, 6) is -42.3. The molecule has 2 nitrogen and oxygen atoms in total. The van der Waals surface area contributed by atoms with Crippen LogP contribution in [0.5, 0.6) is 0 Å². The summed E-state index contributed by atoms with van der Waals surface area (Å²) >= 11 is 0. The van der Waals surface area contributed by atoms with Crippen LogP contribution in [0, 0.1) is 17.0 Å². The van der Waals surface area contributed by atoms with E-state index in [4.69, 9.17) is 0 Å². The molecule has 0 aliphatic heterocycles. The van der Waals surface area contributed by atoms with E-state index in [1.165, 1.54) is 0 Å². The van der Waals surface area contributed by atoms with Gasteiger partial charge in [-0.1, -0.05) is 5.76 Å². The van der Waals surface area contributed by atoms with E-state index in [0.717, 1.165) is 0 Å². The Morgan fingerprint density at radius 3 is 1.47 bits per heavy atom. The van der Waals surface area contributed by atoms with Crippen molar-refractivity contribution in [1.82, 2.24) is 0 Å². The van der Waals surface area contributed by atoms with Gasteiger partial charge in [0.2, 0.25) is 0 Å². The second-order valence-corrected chi connectivity index (χ2v) is 6.73. The normalized spacial score (nSPS) is 23.1. The van der Waals surface area contributed by atoms with E-state index < -0.39 is 94.0 Å². The van der Waals surface area contributed by atoms with Crippen molar-refractivity contribution in [3.05, 3.63) is 41.0 Å². The fourth-order valence-electron chi connectivity index (χ4n) is 3.16. The Kier molecular flexibility index (Phi) is 5.80. The molecule has 1 saturated carbocycles. The summed E-state index contributed by atoms with van der Waals surface area (Å²) < 4.78 is 214. The first kappa shape index (κ1) is 27.6. The topological polar surface area (TPSA) is 40.1 Å². The van der Waals surface area contributed by atoms with Crippen LogP contribution in [-0.2, 0) is 11.0 Å². The van der Waals surface area contributed by atoms with E-state index in [0.29, 0.717) is 0 Å². The van der Waals surface area contributed by atoms with E-state index >= 15 is 0 Å². The second kappa shape index (κ2) is 7.16. The maximum absolute atomic E-state index is 13.9. The molecule has 18 heteroatoms. The van der Waals surface area contributed by atoms with Crippen LogP contribution in [0.25, 0.3) is 5.76 Å².